The lowest BCUT2D eigenvalue weighted by molar-refractivity contribution is 0.0260. The number of imide groups is 1. The fourth-order valence-corrected chi connectivity index (χ4v) is 3.27. The van der Waals surface area contributed by atoms with Crippen LogP contribution >= 0.6 is 0 Å². The van der Waals surface area contributed by atoms with E-state index in [4.69, 9.17) is 4.74 Å². The number of rotatable bonds is 2. The normalized spacial score (nSPS) is 19.9. The van der Waals surface area contributed by atoms with Crippen molar-refractivity contribution < 1.29 is 24.2 Å². The highest BCUT2D eigenvalue weighted by atomic mass is 16.6. The van der Waals surface area contributed by atoms with Crippen LogP contribution in [0.25, 0.3) is 0 Å². The molecule has 0 radical (unpaired) electrons. The molecule has 2 aliphatic rings. The summed E-state index contributed by atoms with van der Waals surface area (Å²) in [6, 6.07) is 6.20. The van der Waals surface area contributed by atoms with Crippen LogP contribution in [0.3, 0.4) is 0 Å². The summed E-state index contributed by atoms with van der Waals surface area (Å²) in [4.78, 5) is 39.5. The summed E-state index contributed by atoms with van der Waals surface area (Å²) >= 11 is 0. The molecule has 0 spiro atoms. The number of nitrogens with zero attached hydrogens (tertiary/aromatic N) is 2. The fraction of sp³-hybridized carbons (Fsp3) is 0.476. The highest BCUT2D eigenvalue weighted by Crippen LogP contribution is 2.23. The molecule has 2 heterocycles. The van der Waals surface area contributed by atoms with Gasteiger partial charge < -0.3 is 9.84 Å². The van der Waals surface area contributed by atoms with Gasteiger partial charge in [-0.2, -0.15) is 0 Å². The van der Waals surface area contributed by atoms with Gasteiger partial charge in [0.15, 0.2) is 0 Å². The highest BCUT2D eigenvalue weighted by Gasteiger charge is 2.36. The molecule has 2 atom stereocenters. The van der Waals surface area contributed by atoms with Crippen LogP contribution in [-0.2, 0) is 4.74 Å². The first-order valence-electron chi connectivity index (χ1n) is 9.31. The first kappa shape index (κ1) is 19.9. The van der Waals surface area contributed by atoms with Gasteiger partial charge in [0.1, 0.15) is 11.7 Å². The molecule has 1 aromatic carbocycles. The van der Waals surface area contributed by atoms with E-state index < -0.39 is 29.6 Å². The van der Waals surface area contributed by atoms with E-state index in [0.717, 1.165) is 11.3 Å². The summed E-state index contributed by atoms with van der Waals surface area (Å²) < 4.78 is 5.39. The quantitative estimate of drug-likeness (QED) is 0.623. The second-order valence-corrected chi connectivity index (χ2v) is 7.90. The lowest BCUT2D eigenvalue weighted by Gasteiger charge is -2.26. The number of fused-ring (bicyclic) bond motifs is 1. The van der Waals surface area contributed by atoms with Gasteiger partial charge in [-0.15, -0.1) is 0 Å². The Morgan fingerprint density at radius 1 is 1.25 bits per heavy atom. The number of hydrogen-bond acceptors (Lipinski definition) is 5. The van der Waals surface area contributed by atoms with Crippen LogP contribution in [0.4, 0.5) is 4.79 Å². The monoisotopic (exact) mass is 384 g/mol. The molecule has 7 nitrogen and oxygen atoms in total. The van der Waals surface area contributed by atoms with Gasteiger partial charge in [0, 0.05) is 6.54 Å². The molecular weight excluding hydrogens is 360 g/mol. The van der Waals surface area contributed by atoms with Crippen LogP contribution in [0.15, 0.2) is 24.3 Å². The molecule has 0 aromatic heterocycles. The largest absolute Gasteiger partial charge is 0.444 e. The van der Waals surface area contributed by atoms with Crippen LogP contribution < -0.4 is 0 Å². The van der Waals surface area contributed by atoms with E-state index in [9.17, 15) is 19.5 Å². The fourth-order valence-electron chi connectivity index (χ4n) is 3.27. The number of hydrogen-bond donors (Lipinski definition) is 1. The summed E-state index contributed by atoms with van der Waals surface area (Å²) in [6.07, 6.45) is -0.138. The summed E-state index contributed by atoms with van der Waals surface area (Å²) in [5.74, 6) is 4.71. The van der Waals surface area contributed by atoms with Crippen molar-refractivity contribution in [2.24, 2.45) is 0 Å². The Balaban J connectivity index is 1.64. The molecule has 28 heavy (non-hydrogen) atoms. The maximum atomic E-state index is 12.4. The number of carbonyl (C=O) groups excluding carboxylic acids is 3. The third-order valence-corrected chi connectivity index (χ3v) is 4.53. The Kier molecular flexibility index (Phi) is 5.43. The summed E-state index contributed by atoms with van der Waals surface area (Å²) in [6.45, 7) is 5.73. The summed E-state index contributed by atoms with van der Waals surface area (Å²) in [5, 5.41) is 10.2. The molecule has 1 aromatic rings. The molecule has 1 N–H and O–H groups in total. The second kappa shape index (κ2) is 7.64. The van der Waals surface area contributed by atoms with Gasteiger partial charge in [0.2, 0.25) is 0 Å². The maximum Gasteiger partial charge on any atom is 0.411 e. The van der Waals surface area contributed by atoms with Crippen molar-refractivity contribution in [3.63, 3.8) is 0 Å². The number of likely N-dealkylation sites (tertiary alicyclic amines) is 1. The van der Waals surface area contributed by atoms with Crippen LogP contribution in [0, 0.1) is 11.8 Å². The lowest BCUT2D eigenvalue weighted by Crippen LogP contribution is -2.39. The molecule has 1 saturated heterocycles. The molecule has 1 fully saturated rings. The van der Waals surface area contributed by atoms with Crippen molar-refractivity contribution in [2.45, 2.75) is 51.4 Å². The van der Waals surface area contributed by atoms with Gasteiger partial charge in [-0.25, -0.2) is 4.79 Å². The van der Waals surface area contributed by atoms with E-state index in [1.54, 1.807) is 49.9 Å². The van der Waals surface area contributed by atoms with Gasteiger partial charge >= 0.3 is 6.09 Å². The van der Waals surface area contributed by atoms with Gasteiger partial charge in [-0.05, 0) is 45.7 Å². The standard InChI is InChI=1S/C21H24N2O5/c1-21(2,3)28-20(27)22-12-6-7-14(22)10-11-15(24)13-23-18(25)16-8-4-5-9-17(16)19(23)26/h4-5,8-9,14-15,24H,6-7,12-13H2,1-3H3/t14-,15?/m1/s1. The Bertz CT molecular complexity index is 827. The molecule has 0 aliphatic carbocycles. The van der Waals surface area contributed by atoms with Crippen LogP contribution in [0.2, 0.25) is 0 Å². The third-order valence-electron chi connectivity index (χ3n) is 4.53. The van der Waals surface area contributed by atoms with Gasteiger partial charge in [0.05, 0.1) is 23.7 Å². The zero-order chi connectivity index (χ0) is 20.5. The van der Waals surface area contributed by atoms with E-state index >= 15 is 0 Å². The smallest absolute Gasteiger partial charge is 0.411 e. The Hall–Kier alpha value is -2.85. The molecule has 148 valence electrons. The minimum absolute atomic E-state index is 0.210. The zero-order valence-corrected chi connectivity index (χ0v) is 16.3. The Morgan fingerprint density at radius 2 is 1.86 bits per heavy atom. The first-order valence-corrected chi connectivity index (χ1v) is 9.31. The van der Waals surface area contributed by atoms with Crippen molar-refractivity contribution in [1.82, 2.24) is 9.80 Å². The maximum absolute atomic E-state index is 12.4. The molecule has 0 bridgehead atoms. The van der Waals surface area contributed by atoms with Crippen molar-refractivity contribution in [1.29, 1.82) is 0 Å². The highest BCUT2D eigenvalue weighted by molar-refractivity contribution is 6.21. The summed E-state index contributed by atoms with van der Waals surface area (Å²) in [7, 11) is 0. The lowest BCUT2D eigenvalue weighted by atomic mass is 10.1. The van der Waals surface area contributed by atoms with Gasteiger partial charge in [0.25, 0.3) is 11.8 Å². The van der Waals surface area contributed by atoms with Crippen molar-refractivity contribution >= 4 is 17.9 Å². The Morgan fingerprint density at radius 3 is 2.43 bits per heavy atom. The second-order valence-electron chi connectivity index (χ2n) is 7.90. The van der Waals surface area contributed by atoms with Gasteiger partial charge in [-0.3, -0.25) is 19.4 Å². The molecule has 1 unspecified atom stereocenters. The average molecular weight is 384 g/mol. The van der Waals surface area contributed by atoms with Crippen LogP contribution in [-0.4, -0.2) is 63.7 Å². The topological polar surface area (TPSA) is 87.2 Å². The van der Waals surface area contributed by atoms with Gasteiger partial charge in [-0.1, -0.05) is 24.0 Å². The minimum atomic E-state index is -1.19. The molecular formula is C21H24N2O5. The number of aliphatic hydroxyl groups is 1. The summed E-state index contributed by atoms with van der Waals surface area (Å²) in [5.41, 5.74) is 0.0712. The molecule has 3 rings (SSSR count). The van der Waals surface area contributed by atoms with E-state index in [1.807, 2.05) is 0 Å². The number of amides is 3. The SMILES string of the molecule is CC(C)(C)OC(=O)N1CCC[C@@H]1C#CC(O)CN1C(=O)c2ccccc2C1=O. The minimum Gasteiger partial charge on any atom is -0.444 e. The predicted molar refractivity (Wildman–Crippen MR) is 102 cm³/mol. The molecule has 2 aliphatic heterocycles. The number of ether oxygens (including phenoxy) is 1. The third kappa shape index (κ3) is 4.18. The van der Waals surface area contributed by atoms with Crippen molar-refractivity contribution in [2.75, 3.05) is 13.1 Å². The first-order chi connectivity index (χ1) is 13.2. The van der Waals surface area contributed by atoms with E-state index in [1.165, 1.54) is 0 Å². The number of benzene rings is 1. The number of carbonyl (C=O) groups is 3. The zero-order valence-electron chi connectivity index (χ0n) is 16.3. The molecule has 0 saturated carbocycles. The average Bonchev–Trinajstić information content (AvgIpc) is 3.18. The van der Waals surface area contributed by atoms with E-state index in [0.29, 0.717) is 24.1 Å². The Labute approximate surface area is 164 Å². The predicted octanol–water partition coefficient (Wildman–Crippen LogP) is 2.05. The van der Waals surface area contributed by atoms with Crippen molar-refractivity contribution in [3.8, 4) is 11.8 Å². The number of β-amino-alcohol motifs (C(OH)–C–C–N with tert-alkyl or cyclic N) is 1. The molecule has 3 amide bonds. The number of aliphatic hydroxyl groups excluding tert-OH is 1. The van der Waals surface area contributed by atoms with Crippen LogP contribution in [0.1, 0.15) is 54.3 Å². The molecule has 7 heteroatoms. The van der Waals surface area contributed by atoms with E-state index in [2.05, 4.69) is 11.8 Å². The van der Waals surface area contributed by atoms with E-state index in [-0.39, 0.29) is 12.6 Å². The van der Waals surface area contributed by atoms with Crippen LogP contribution in [0.5, 0.6) is 0 Å². The van der Waals surface area contributed by atoms with Crippen molar-refractivity contribution in [3.05, 3.63) is 35.4 Å².